The molecular weight excluding hydrogens is 567 g/mol. The van der Waals surface area contributed by atoms with Gasteiger partial charge in [-0.05, 0) is 53.8 Å². The normalized spacial score (nSPS) is 10.9. The predicted molar refractivity (Wildman–Crippen MR) is 113 cm³/mol. The third kappa shape index (κ3) is 3.25. The Balaban J connectivity index is 0.00000192. The number of fused-ring (bicyclic) bond motifs is 3. The van der Waals surface area contributed by atoms with Crippen molar-refractivity contribution in [2.75, 3.05) is 0 Å². The Morgan fingerprint density at radius 3 is 2.07 bits per heavy atom. The molecule has 0 saturated carbocycles. The van der Waals surface area contributed by atoms with Gasteiger partial charge in [0.2, 0.25) is 0 Å². The monoisotopic (exact) mass is 580 g/mol. The van der Waals surface area contributed by atoms with Gasteiger partial charge in [0.25, 0.3) is 0 Å². The minimum Gasteiger partial charge on any atom is -0.327 e. The quantitative estimate of drug-likeness (QED) is 0.207. The minimum absolute atomic E-state index is 0. The molecule has 0 amide bonds. The number of benzene rings is 3. The van der Waals surface area contributed by atoms with Gasteiger partial charge in [0.15, 0.2) is 0 Å². The van der Waals surface area contributed by atoms with Crippen molar-refractivity contribution in [1.29, 1.82) is 0 Å². The van der Waals surface area contributed by atoms with E-state index < -0.39 is 0 Å². The fourth-order valence-electron chi connectivity index (χ4n) is 3.51. The van der Waals surface area contributed by atoms with Crippen molar-refractivity contribution in [1.82, 2.24) is 9.55 Å². The van der Waals surface area contributed by atoms with E-state index >= 15 is 0 Å². The summed E-state index contributed by atoms with van der Waals surface area (Å²) in [5, 5.41) is 3.56. The molecule has 5 rings (SSSR count). The molecule has 28 heavy (non-hydrogen) atoms. The Morgan fingerprint density at radius 2 is 1.46 bits per heavy atom. The van der Waals surface area contributed by atoms with Gasteiger partial charge in [0.05, 0.1) is 11.0 Å². The minimum atomic E-state index is 0. The van der Waals surface area contributed by atoms with Crippen LogP contribution < -0.4 is 0 Å². The van der Waals surface area contributed by atoms with E-state index in [1.54, 1.807) is 6.20 Å². The number of halogens is 2. The Morgan fingerprint density at radius 1 is 0.786 bits per heavy atom. The van der Waals surface area contributed by atoms with Crippen LogP contribution in [-0.2, 0) is 20.1 Å². The van der Waals surface area contributed by atoms with Gasteiger partial charge in [-0.2, -0.15) is 0 Å². The van der Waals surface area contributed by atoms with Crippen molar-refractivity contribution in [2.24, 2.45) is 0 Å². The summed E-state index contributed by atoms with van der Waals surface area (Å²) in [6, 6.07) is 27.1. The first-order valence-electron chi connectivity index (χ1n) is 8.53. The summed E-state index contributed by atoms with van der Waals surface area (Å²) in [5.41, 5.74) is 5.04. The maximum Gasteiger partial charge on any atom is 0.0524 e. The van der Waals surface area contributed by atoms with Crippen molar-refractivity contribution in [2.45, 2.75) is 0 Å². The van der Waals surface area contributed by atoms with Gasteiger partial charge in [-0.25, -0.2) is 0 Å². The number of hydrogen-bond acceptors (Lipinski definition) is 1. The average molecular weight is 580 g/mol. The summed E-state index contributed by atoms with van der Waals surface area (Å²) in [4.78, 5) is 4.44. The molecular formula is C23H13Cl2IrN2-. The first-order chi connectivity index (χ1) is 13.2. The van der Waals surface area contributed by atoms with E-state index in [1.807, 2.05) is 60.7 Å². The molecule has 3 aromatic carbocycles. The van der Waals surface area contributed by atoms with Crippen LogP contribution in [0.25, 0.3) is 38.8 Å². The standard InChI is InChI=1S/C23H13Cl2N2.Ir/c24-16-7-9-22-19(13-16)20-14-17(25)8-10-23(20)27(22)18-5-3-4-15(12-18)21-6-1-2-11-26-21;/h1-3,5-14H;/q-1;. The zero-order valence-electron chi connectivity index (χ0n) is 14.5. The molecule has 0 aliphatic carbocycles. The van der Waals surface area contributed by atoms with E-state index in [1.165, 1.54) is 0 Å². The first kappa shape index (κ1) is 19.2. The molecule has 2 nitrogen and oxygen atoms in total. The molecule has 0 fully saturated rings. The SMILES string of the molecule is Clc1ccc2c(c1)c1cc(Cl)ccc1n2-c1cc[c-]c(-c2ccccn2)c1.[Ir]. The van der Waals surface area contributed by atoms with Crippen molar-refractivity contribution in [3.63, 3.8) is 0 Å². The van der Waals surface area contributed by atoms with Crippen LogP contribution in [0.3, 0.4) is 0 Å². The number of aromatic nitrogens is 2. The third-order valence-electron chi connectivity index (χ3n) is 4.67. The number of hydrogen-bond donors (Lipinski definition) is 0. The van der Waals surface area contributed by atoms with Crippen LogP contribution in [0.15, 0.2) is 79.0 Å². The smallest absolute Gasteiger partial charge is 0.0524 e. The summed E-state index contributed by atoms with van der Waals surface area (Å²) in [5.74, 6) is 0. The molecule has 0 spiro atoms. The first-order valence-corrected chi connectivity index (χ1v) is 9.29. The van der Waals surface area contributed by atoms with Crippen LogP contribution in [0.5, 0.6) is 0 Å². The van der Waals surface area contributed by atoms with E-state index in [4.69, 9.17) is 23.2 Å². The van der Waals surface area contributed by atoms with Gasteiger partial charge in [-0.15, -0.1) is 29.8 Å². The van der Waals surface area contributed by atoms with E-state index in [-0.39, 0.29) is 20.1 Å². The molecule has 5 aromatic rings. The zero-order chi connectivity index (χ0) is 18.4. The second kappa shape index (κ2) is 7.69. The molecule has 0 bridgehead atoms. The Hall–Kier alpha value is -2.16. The molecule has 1 radical (unpaired) electrons. The molecule has 2 aromatic heterocycles. The largest absolute Gasteiger partial charge is 0.327 e. The Labute approximate surface area is 186 Å². The molecule has 0 aliphatic heterocycles. The van der Waals surface area contributed by atoms with Gasteiger partial charge >= 0.3 is 0 Å². The Kier molecular flexibility index (Phi) is 5.27. The van der Waals surface area contributed by atoms with Crippen molar-refractivity contribution < 1.29 is 20.1 Å². The van der Waals surface area contributed by atoms with Gasteiger partial charge in [-0.1, -0.05) is 35.3 Å². The maximum atomic E-state index is 6.26. The van der Waals surface area contributed by atoms with Crippen LogP contribution in [0, 0.1) is 6.07 Å². The average Bonchev–Trinajstić information content (AvgIpc) is 3.02. The van der Waals surface area contributed by atoms with Gasteiger partial charge in [-0.3, -0.25) is 0 Å². The number of nitrogens with zero attached hydrogens (tertiary/aromatic N) is 2. The summed E-state index contributed by atoms with van der Waals surface area (Å²) in [6.45, 7) is 0. The number of pyridine rings is 1. The molecule has 2 heterocycles. The van der Waals surface area contributed by atoms with Crippen LogP contribution in [0.1, 0.15) is 0 Å². The summed E-state index contributed by atoms with van der Waals surface area (Å²) >= 11 is 12.5. The topological polar surface area (TPSA) is 17.8 Å². The Bertz CT molecular complexity index is 1240. The fraction of sp³-hybridized carbons (Fsp3) is 0. The van der Waals surface area contributed by atoms with E-state index in [0.29, 0.717) is 10.0 Å². The molecule has 0 unspecified atom stereocenters. The fourth-order valence-corrected chi connectivity index (χ4v) is 3.85. The summed E-state index contributed by atoms with van der Waals surface area (Å²) in [6.07, 6.45) is 1.79. The summed E-state index contributed by atoms with van der Waals surface area (Å²) < 4.78 is 2.22. The third-order valence-corrected chi connectivity index (χ3v) is 5.14. The van der Waals surface area contributed by atoms with E-state index in [0.717, 1.165) is 38.8 Å². The number of rotatable bonds is 2. The van der Waals surface area contributed by atoms with Crippen molar-refractivity contribution in [3.8, 4) is 16.9 Å². The second-order valence-electron chi connectivity index (χ2n) is 6.33. The molecule has 0 atom stereocenters. The molecule has 139 valence electrons. The van der Waals surface area contributed by atoms with Crippen LogP contribution in [0.2, 0.25) is 10.0 Å². The van der Waals surface area contributed by atoms with Crippen LogP contribution in [0.4, 0.5) is 0 Å². The molecule has 0 saturated heterocycles. The predicted octanol–water partition coefficient (Wildman–Crippen LogP) is 6.95. The zero-order valence-corrected chi connectivity index (χ0v) is 18.4. The maximum absolute atomic E-state index is 6.26. The van der Waals surface area contributed by atoms with Crippen molar-refractivity contribution >= 4 is 45.0 Å². The van der Waals surface area contributed by atoms with Crippen LogP contribution in [-0.4, -0.2) is 9.55 Å². The molecule has 0 N–H and O–H groups in total. The van der Waals surface area contributed by atoms with Crippen molar-refractivity contribution in [3.05, 3.63) is 95.1 Å². The van der Waals surface area contributed by atoms with Gasteiger partial charge in [0, 0.05) is 47.1 Å². The second-order valence-corrected chi connectivity index (χ2v) is 7.21. The molecule has 5 heteroatoms. The molecule has 0 aliphatic rings. The van der Waals surface area contributed by atoms with E-state index in [9.17, 15) is 0 Å². The van der Waals surface area contributed by atoms with Gasteiger partial charge < -0.3 is 9.55 Å². The van der Waals surface area contributed by atoms with E-state index in [2.05, 4.69) is 27.8 Å². The van der Waals surface area contributed by atoms with Gasteiger partial charge in [0.1, 0.15) is 0 Å². The van der Waals surface area contributed by atoms with Crippen LogP contribution >= 0.6 is 23.2 Å². The summed E-state index contributed by atoms with van der Waals surface area (Å²) in [7, 11) is 0.